The molecule has 1 aliphatic heterocycles. The lowest BCUT2D eigenvalue weighted by Crippen LogP contribution is -2.42. The van der Waals surface area contributed by atoms with Gasteiger partial charge in [-0.1, -0.05) is 45.0 Å². The van der Waals surface area contributed by atoms with Gasteiger partial charge in [0.2, 0.25) is 0 Å². The highest BCUT2D eigenvalue weighted by Crippen LogP contribution is 2.09. The normalized spacial score (nSPS) is 16.2. The monoisotopic (exact) mass is 234 g/mol. The van der Waals surface area contributed by atoms with Crippen molar-refractivity contribution in [3.05, 3.63) is 35.4 Å². The Morgan fingerprint density at radius 1 is 1.12 bits per heavy atom. The van der Waals surface area contributed by atoms with E-state index in [4.69, 9.17) is 0 Å². The minimum absolute atomic E-state index is 1.11. The van der Waals surface area contributed by atoms with Crippen LogP contribution in [-0.4, -0.2) is 31.1 Å². The molecular weight excluding hydrogens is 208 g/mol. The fourth-order valence-corrected chi connectivity index (χ4v) is 2.08. The van der Waals surface area contributed by atoms with E-state index in [0.29, 0.717) is 0 Å². The first kappa shape index (κ1) is 14.2. The van der Waals surface area contributed by atoms with Gasteiger partial charge in [-0.25, -0.2) is 0 Å². The Balaban J connectivity index is 0.000000686. The lowest BCUT2D eigenvalue weighted by molar-refractivity contribution is 0.233. The van der Waals surface area contributed by atoms with Crippen molar-refractivity contribution in [1.29, 1.82) is 0 Å². The summed E-state index contributed by atoms with van der Waals surface area (Å²) in [4.78, 5) is 2.52. The highest BCUT2D eigenvalue weighted by molar-refractivity contribution is 5.23. The summed E-state index contributed by atoms with van der Waals surface area (Å²) in [7, 11) is 0. The van der Waals surface area contributed by atoms with Gasteiger partial charge >= 0.3 is 0 Å². The minimum atomic E-state index is 1.11. The first-order valence-corrected chi connectivity index (χ1v) is 6.89. The van der Waals surface area contributed by atoms with Gasteiger partial charge in [-0.05, 0) is 17.5 Å². The van der Waals surface area contributed by atoms with Gasteiger partial charge < -0.3 is 5.32 Å². The van der Waals surface area contributed by atoms with Crippen LogP contribution in [0.5, 0.6) is 0 Å². The molecule has 0 saturated carbocycles. The summed E-state index contributed by atoms with van der Waals surface area (Å²) in [6.07, 6.45) is 1.13. The van der Waals surface area contributed by atoms with Crippen LogP contribution in [0.4, 0.5) is 0 Å². The Bertz CT molecular complexity index is 304. The average molecular weight is 234 g/mol. The van der Waals surface area contributed by atoms with Crippen molar-refractivity contribution >= 4 is 0 Å². The number of aryl methyl sites for hydroxylation is 1. The molecule has 17 heavy (non-hydrogen) atoms. The molecule has 1 aromatic rings. The third-order valence-electron chi connectivity index (χ3n) is 3.02. The third kappa shape index (κ3) is 4.88. The fourth-order valence-electron chi connectivity index (χ4n) is 2.08. The van der Waals surface area contributed by atoms with Crippen molar-refractivity contribution in [1.82, 2.24) is 10.2 Å². The van der Waals surface area contributed by atoms with E-state index < -0.39 is 0 Å². The predicted octanol–water partition coefficient (Wildman–Crippen LogP) is 2.68. The summed E-state index contributed by atoms with van der Waals surface area (Å²) >= 11 is 0. The van der Waals surface area contributed by atoms with Crippen LogP contribution in [0.2, 0.25) is 0 Å². The Morgan fingerprint density at radius 2 is 1.76 bits per heavy atom. The Kier molecular flexibility index (Phi) is 6.90. The van der Waals surface area contributed by atoms with Gasteiger partial charge in [0.05, 0.1) is 0 Å². The molecule has 0 amide bonds. The quantitative estimate of drug-likeness (QED) is 0.865. The first-order chi connectivity index (χ1) is 8.38. The highest BCUT2D eigenvalue weighted by atomic mass is 15.2. The number of hydrogen-bond donors (Lipinski definition) is 1. The molecule has 1 aliphatic rings. The van der Waals surface area contributed by atoms with Crippen LogP contribution in [0.15, 0.2) is 24.3 Å². The summed E-state index contributed by atoms with van der Waals surface area (Å²) in [6, 6.07) is 8.96. The van der Waals surface area contributed by atoms with Crippen molar-refractivity contribution in [2.45, 2.75) is 33.7 Å². The Morgan fingerprint density at radius 3 is 2.41 bits per heavy atom. The molecule has 0 unspecified atom stereocenters. The van der Waals surface area contributed by atoms with E-state index >= 15 is 0 Å². The second-order valence-electron chi connectivity index (χ2n) is 4.20. The Hall–Kier alpha value is -0.860. The van der Waals surface area contributed by atoms with Crippen LogP contribution in [0.3, 0.4) is 0 Å². The van der Waals surface area contributed by atoms with Crippen molar-refractivity contribution in [3.63, 3.8) is 0 Å². The molecule has 1 aromatic carbocycles. The van der Waals surface area contributed by atoms with Gasteiger partial charge in [0.25, 0.3) is 0 Å². The molecule has 0 aromatic heterocycles. The highest BCUT2D eigenvalue weighted by Gasteiger charge is 2.09. The maximum Gasteiger partial charge on any atom is 0.0234 e. The number of benzene rings is 1. The maximum absolute atomic E-state index is 3.38. The Labute approximate surface area is 106 Å². The summed E-state index contributed by atoms with van der Waals surface area (Å²) in [5.41, 5.74) is 2.90. The summed E-state index contributed by atoms with van der Waals surface area (Å²) in [5, 5.41) is 3.38. The summed E-state index contributed by atoms with van der Waals surface area (Å²) in [6.45, 7) is 11.9. The predicted molar refractivity (Wildman–Crippen MR) is 75.3 cm³/mol. The maximum atomic E-state index is 3.38. The molecule has 1 N–H and O–H groups in total. The zero-order chi connectivity index (χ0) is 12.5. The molecule has 2 heteroatoms. The largest absolute Gasteiger partial charge is 0.314 e. The van der Waals surface area contributed by atoms with Gasteiger partial charge in [-0.2, -0.15) is 0 Å². The van der Waals surface area contributed by atoms with Gasteiger partial charge in [-0.15, -0.1) is 0 Å². The van der Waals surface area contributed by atoms with Gasteiger partial charge in [0.1, 0.15) is 0 Å². The van der Waals surface area contributed by atoms with E-state index in [1.807, 2.05) is 13.8 Å². The second-order valence-corrected chi connectivity index (χ2v) is 4.20. The number of nitrogens with one attached hydrogen (secondary N) is 1. The van der Waals surface area contributed by atoms with E-state index in [1.165, 1.54) is 24.2 Å². The van der Waals surface area contributed by atoms with E-state index in [2.05, 4.69) is 41.4 Å². The zero-order valence-corrected chi connectivity index (χ0v) is 11.5. The van der Waals surface area contributed by atoms with E-state index in [1.54, 1.807) is 0 Å². The minimum Gasteiger partial charge on any atom is -0.314 e. The van der Waals surface area contributed by atoms with Gasteiger partial charge in [-0.3, -0.25) is 4.90 Å². The van der Waals surface area contributed by atoms with E-state index in [9.17, 15) is 0 Å². The molecular formula is C15H26N2. The van der Waals surface area contributed by atoms with Crippen LogP contribution < -0.4 is 5.32 Å². The summed E-state index contributed by atoms with van der Waals surface area (Å²) in [5.74, 6) is 0. The molecule has 1 heterocycles. The zero-order valence-electron chi connectivity index (χ0n) is 11.5. The molecule has 2 nitrogen and oxygen atoms in total. The van der Waals surface area contributed by atoms with Gasteiger partial charge in [0, 0.05) is 32.7 Å². The van der Waals surface area contributed by atoms with Crippen molar-refractivity contribution in [3.8, 4) is 0 Å². The van der Waals surface area contributed by atoms with Crippen LogP contribution in [0, 0.1) is 0 Å². The number of piperazine rings is 1. The van der Waals surface area contributed by atoms with E-state index in [0.717, 1.165) is 26.1 Å². The standard InChI is InChI=1S/C13H20N2.C2H6/c1-2-12-4-3-5-13(10-12)11-15-8-6-14-7-9-15;1-2/h3-5,10,14H,2,6-9,11H2,1H3;1-2H3. The molecule has 0 bridgehead atoms. The number of nitrogens with zero attached hydrogens (tertiary/aromatic N) is 1. The topological polar surface area (TPSA) is 15.3 Å². The molecule has 96 valence electrons. The fraction of sp³-hybridized carbons (Fsp3) is 0.600. The van der Waals surface area contributed by atoms with Crippen molar-refractivity contribution in [2.24, 2.45) is 0 Å². The average Bonchev–Trinajstić information content (AvgIpc) is 2.42. The molecule has 1 fully saturated rings. The van der Waals surface area contributed by atoms with Crippen molar-refractivity contribution < 1.29 is 0 Å². The lowest BCUT2D eigenvalue weighted by Gasteiger charge is -2.27. The smallest absolute Gasteiger partial charge is 0.0234 e. The summed E-state index contributed by atoms with van der Waals surface area (Å²) < 4.78 is 0. The van der Waals surface area contributed by atoms with Crippen molar-refractivity contribution in [2.75, 3.05) is 26.2 Å². The lowest BCUT2D eigenvalue weighted by atomic mass is 10.1. The number of hydrogen-bond acceptors (Lipinski definition) is 2. The molecule has 2 rings (SSSR count). The molecule has 0 atom stereocenters. The van der Waals surface area contributed by atoms with Crippen LogP contribution in [0.25, 0.3) is 0 Å². The van der Waals surface area contributed by atoms with Crippen LogP contribution in [0.1, 0.15) is 31.9 Å². The third-order valence-corrected chi connectivity index (χ3v) is 3.02. The SMILES string of the molecule is CC.CCc1cccc(CN2CCNCC2)c1. The molecule has 0 spiro atoms. The molecule has 1 saturated heterocycles. The van der Waals surface area contributed by atoms with Gasteiger partial charge in [0.15, 0.2) is 0 Å². The van der Waals surface area contributed by atoms with Crippen LogP contribution in [-0.2, 0) is 13.0 Å². The molecule has 0 aliphatic carbocycles. The molecule has 0 radical (unpaired) electrons. The number of rotatable bonds is 3. The first-order valence-electron chi connectivity index (χ1n) is 6.89. The van der Waals surface area contributed by atoms with Crippen LogP contribution >= 0.6 is 0 Å². The van der Waals surface area contributed by atoms with E-state index in [-0.39, 0.29) is 0 Å². The second kappa shape index (κ2) is 8.26.